The smallest absolute Gasteiger partial charge is 0.243 e. The molecule has 4 aromatic rings. The van der Waals surface area contributed by atoms with Gasteiger partial charge >= 0.3 is 0 Å². The first-order chi connectivity index (χ1) is 17.3. The Morgan fingerprint density at radius 3 is 2.47 bits per heavy atom. The van der Waals surface area contributed by atoms with E-state index in [1.54, 1.807) is 0 Å². The predicted molar refractivity (Wildman–Crippen MR) is 147 cm³/mol. The van der Waals surface area contributed by atoms with Gasteiger partial charge in [-0.3, -0.25) is 14.6 Å². The lowest BCUT2D eigenvalue weighted by atomic mass is 10.1. The number of para-hydroxylation sites is 1. The van der Waals surface area contributed by atoms with Crippen LogP contribution in [0.1, 0.15) is 18.4 Å². The summed E-state index contributed by atoms with van der Waals surface area (Å²) in [7, 11) is 0. The SMILES string of the molecule is Cc1c[nH]c2ccccc12.NC(N)=NCCC[C@H](N)C(=O)NCC(=O)Nc1ccc2ccccc2c1. The Kier molecular flexibility index (Phi) is 9.41. The lowest BCUT2D eigenvalue weighted by Gasteiger charge is -2.12. The van der Waals surface area contributed by atoms with Crippen molar-refractivity contribution in [3.05, 3.63) is 78.5 Å². The number of benzene rings is 3. The Balaban J connectivity index is 0.000000297. The quantitative estimate of drug-likeness (QED) is 0.128. The zero-order chi connectivity index (χ0) is 25.9. The molecule has 9 N–H and O–H groups in total. The van der Waals surface area contributed by atoms with E-state index in [1.165, 1.54) is 16.5 Å². The van der Waals surface area contributed by atoms with Crippen molar-refractivity contribution in [2.45, 2.75) is 25.8 Å². The van der Waals surface area contributed by atoms with Crippen molar-refractivity contribution in [3.8, 4) is 0 Å². The summed E-state index contributed by atoms with van der Waals surface area (Å²) < 4.78 is 0. The molecule has 0 aliphatic rings. The van der Waals surface area contributed by atoms with Gasteiger partial charge in [0.15, 0.2) is 5.96 Å². The monoisotopic (exact) mass is 487 g/mol. The molecule has 3 aromatic carbocycles. The molecule has 1 heterocycles. The standard InChI is InChI=1S/C18H24N6O2.C9H9N/c19-15(6-3-9-22-18(20)21)17(26)23-11-16(25)24-14-8-7-12-4-1-2-5-13(12)10-14;1-7-6-10-9-5-3-2-4-8(7)9/h1-2,4-5,7-8,10,15H,3,6,9,11,19H2,(H,23,26)(H,24,25)(H4,20,21,22);2-6,10H,1H3/t15-;/m0./s1. The zero-order valence-electron chi connectivity index (χ0n) is 20.3. The number of fused-ring (bicyclic) bond motifs is 2. The minimum Gasteiger partial charge on any atom is -0.370 e. The Bertz CT molecular complexity index is 1340. The van der Waals surface area contributed by atoms with Crippen molar-refractivity contribution < 1.29 is 9.59 Å². The van der Waals surface area contributed by atoms with Crippen LogP contribution in [0.5, 0.6) is 0 Å². The van der Waals surface area contributed by atoms with E-state index in [0.29, 0.717) is 25.1 Å². The van der Waals surface area contributed by atoms with Crippen LogP contribution in [-0.2, 0) is 9.59 Å². The molecule has 9 heteroatoms. The number of guanidine groups is 1. The first-order valence-electron chi connectivity index (χ1n) is 11.7. The molecule has 0 bridgehead atoms. The first-order valence-corrected chi connectivity index (χ1v) is 11.7. The Hall–Kier alpha value is -4.37. The van der Waals surface area contributed by atoms with E-state index in [2.05, 4.69) is 45.7 Å². The largest absolute Gasteiger partial charge is 0.370 e. The molecule has 4 rings (SSSR count). The summed E-state index contributed by atoms with van der Waals surface area (Å²) in [5.74, 6) is -0.696. The average molecular weight is 488 g/mol. The van der Waals surface area contributed by atoms with E-state index in [9.17, 15) is 9.59 Å². The van der Waals surface area contributed by atoms with Gasteiger partial charge in [0.05, 0.1) is 12.6 Å². The van der Waals surface area contributed by atoms with Crippen LogP contribution in [0.3, 0.4) is 0 Å². The van der Waals surface area contributed by atoms with Crippen molar-refractivity contribution in [1.82, 2.24) is 10.3 Å². The highest BCUT2D eigenvalue weighted by Crippen LogP contribution is 2.18. The molecule has 1 atom stereocenters. The number of aliphatic imine (C=N–C) groups is 1. The molecule has 1 aromatic heterocycles. The lowest BCUT2D eigenvalue weighted by molar-refractivity contribution is -0.125. The second-order valence-electron chi connectivity index (χ2n) is 8.40. The molecule has 2 amide bonds. The van der Waals surface area contributed by atoms with Gasteiger partial charge in [-0.1, -0.05) is 48.5 Å². The molecule has 0 aliphatic heterocycles. The number of H-pyrrole nitrogens is 1. The predicted octanol–water partition coefficient (Wildman–Crippen LogP) is 2.75. The van der Waals surface area contributed by atoms with Crippen molar-refractivity contribution in [2.75, 3.05) is 18.4 Å². The van der Waals surface area contributed by atoms with Crippen LogP contribution in [0.2, 0.25) is 0 Å². The summed E-state index contributed by atoms with van der Waals surface area (Å²) in [6.07, 6.45) is 3.04. The van der Waals surface area contributed by atoms with Crippen LogP contribution < -0.4 is 27.8 Å². The van der Waals surface area contributed by atoms with Crippen LogP contribution in [0, 0.1) is 6.92 Å². The fourth-order valence-electron chi connectivity index (χ4n) is 3.64. The highest BCUT2D eigenvalue weighted by Gasteiger charge is 2.14. The lowest BCUT2D eigenvalue weighted by Crippen LogP contribution is -2.43. The van der Waals surface area contributed by atoms with Gasteiger partial charge in [-0.25, -0.2) is 0 Å². The Morgan fingerprint density at radius 2 is 1.72 bits per heavy atom. The molecule has 36 heavy (non-hydrogen) atoms. The molecule has 0 aliphatic carbocycles. The topological polar surface area (TPSA) is 164 Å². The normalized spacial score (nSPS) is 11.3. The fourth-order valence-corrected chi connectivity index (χ4v) is 3.64. The summed E-state index contributed by atoms with van der Waals surface area (Å²) in [5, 5.41) is 8.72. The number of rotatable bonds is 8. The molecule has 0 radical (unpaired) electrons. The van der Waals surface area contributed by atoms with Crippen LogP contribution >= 0.6 is 0 Å². The number of carbonyl (C=O) groups is 2. The maximum atomic E-state index is 12.0. The Morgan fingerprint density at radius 1 is 1.00 bits per heavy atom. The average Bonchev–Trinajstić information content (AvgIpc) is 3.26. The number of nitrogens with two attached hydrogens (primary N) is 3. The van der Waals surface area contributed by atoms with E-state index < -0.39 is 6.04 Å². The summed E-state index contributed by atoms with van der Waals surface area (Å²) in [4.78, 5) is 30.9. The van der Waals surface area contributed by atoms with Gasteiger partial charge in [0, 0.05) is 29.3 Å². The van der Waals surface area contributed by atoms with Crippen molar-refractivity contribution >= 4 is 45.1 Å². The highest BCUT2D eigenvalue weighted by atomic mass is 16.2. The third kappa shape index (κ3) is 7.85. The van der Waals surface area contributed by atoms with Gasteiger partial charge < -0.3 is 32.8 Å². The van der Waals surface area contributed by atoms with Crippen molar-refractivity contribution in [3.63, 3.8) is 0 Å². The number of carbonyl (C=O) groups excluding carboxylic acids is 2. The number of nitrogens with zero attached hydrogens (tertiary/aromatic N) is 1. The number of nitrogens with one attached hydrogen (secondary N) is 3. The van der Waals surface area contributed by atoms with E-state index in [-0.39, 0.29) is 24.3 Å². The van der Waals surface area contributed by atoms with E-state index in [4.69, 9.17) is 17.2 Å². The molecule has 0 saturated carbocycles. The third-order valence-electron chi connectivity index (χ3n) is 5.56. The first kappa shape index (κ1) is 26.2. The minimum atomic E-state index is -0.710. The van der Waals surface area contributed by atoms with Crippen LogP contribution in [0.25, 0.3) is 21.7 Å². The van der Waals surface area contributed by atoms with Crippen molar-refractivity contribution in [1.29, 1.82) is 0 Å². The highest BCUT2D eigenvalue weighted by molar-refractivity contribution is 5.97. The van der Waals surface area contributed by atoms with Gasteiger partial charge in [0.1, 0.15) is 0 Å². The van der Waals surface area contributed by atoms with E-state index in [1.807, 2.05) is 54.7 Å². The number of aromatic nitrogens is 1. The molecule has 188 valence electrons. The molecule has 0 spiro atoms. The number of anilines is 1. The van der Waals surface area contributed by atoms with Gasteiger partial charge in [0.25, 0.3) is 0 Å². The molecule has 9 nitrogen and oxygen atoms in total. The number of aromatic amines is 1. The van der Waals surface area contributed by atoms with Gasteiger partial charge in [0.2, 0.25) is 11.8 Å². The number of hydrogen-bond donors (Lipinski definition) is 6. The summed E-state index contributed by atoms with van der Waals surface area (Å²) >= 11 is 0. The molecular weight excluding hydrogens is 454 g/mol. The second-order valence-corrected chi connectivity index (χ2v) is 8.40. The van der Waals surface area contributed by atoms with Crippen LogP contribution in [0.4, 0.5) is 5.69 Å². The maximum absolute atomic E-state index is 12.0. The van der Waals surface area contributed by atoms with Crippen LogP contribution in [0.15, 0.2) is 77.9 Å². The second kappa shape index (κ2) is 12.9. The molecule has 0 unspecified atom stereocenters. The number of amides is 2. The zero-order valence-corrected chi connectivity index (χ0v) is 20.3. The van der Waals surface area contributed by atoms with Crippen LogP contribution in [-0.4, -0.2) is 41.9 Å². The molecular formula is C27H33N7O2. The molecule has 0 fully saturated rings. The minimum absolute atomic E-state index is 0.00776. The van der Waals surface area contributed by atoms with Gasteiger partial charge in [-0.05, 0) is 54.3 Å². The van der Waals surface area contributed by atoms with Gasteiger partial charge in [-0.15, -0.1) is 0 Å². The van der Waals surface area contributed by atoms with E-state index >= 15 is 0 Å². The van der Waals surface area contributed by atoms with E-state index in [0.717, 1.165) is 10.8 Å². The maximum Gasteiger partial charge on any atom is 0.243 e. The number of aryl methyl sites for hydroxylation is 1. The van der Waals surface area contributed by atoms with Gasteiger partial charge in [-0.2, -0.15) is 0 Å². The Labute approximate surface area is 210 Å². The summed E-state index contributed by atoms with van der Waals surface area (Å²) in [6.45, 7) is 2.37. The third-order valence-corrected chi connectivity index (χ3v) is 5.56. The fraction of sp³-hybridized carbons (Fsp3) is 0.222. The summed E-state index contributed by atoms with van der Waals surface area (Å²) in [6, 6.07) is 21.1. The molecule has 0 saturated heterocycles. The van der Waals surface area contributed by atoms with Crippen molar-refractivity contribution in [2.24, 2.45) is 22.2 Å². The summed E-state index contributed by atoms with van der Waals surface area (Å²) in [5.41, 5.74) is 19.4. The number of hydrogen-bond acceptors (Lipinski definition) is 4.